The summed E-state index contributed by atoms with van der Waals surface area (Å²) in [6, 6.07) is 3.49. The number of aliphatic hydroxyl groups excluding tert-OH is 3. The van der Waals surface area contributed by atoms with Crippen molar-refractivity contribution in [3.63, 3.8) is 0 Å². The minimum atomic E-state index is -0.915. The van der Waals surface area contributed by atoms with E-state index in [-0.39, 0.29) is 12.4 Å². The second-order valence-electron chi connectivity index (χ2n) is 6.38. The van der Waals surface area contributed by atoms with Gasteiger partial charge in [-0.05, 0) is 48.8 Å². The van der Waals surface area contributed by atoms with Crippen LogP contribution in [0.2, 0.25) is 0 Å². The summed E-state index contributed by atoms with van der Waals surface area (Å²) in [6.07, 6.45) is 2.52. The van der Waals surface area contributed by atoms with Gasteiger partial charge >= 0.3 is 0 Å². The molecule has 0 saturated carbocycles. The van der Waals surface area contributed by atoms with Gasteiger partial charge < -0.3 is 34.3 Å². The molecule has 1 aliphatic heterocycles. The van der Waals surface area contributed by atoms with Crippen LogP contribution in [0.5, 0.6) is 11.5 Å². The topological polar surface area (TPSA) is 97.6 Å². The van der Waals surface area contributed by atoms with Crippen molar-refractivity contribution in [1.29, 1.82) is 0 Å². The molecule has 7 nitrogen and oxygen atoms in total. The lowest BCUT2D eigenvalue weighted by molar-refractivity contribution is -0.0940. The van der Waals surface area contributed by atoms with Crippen molar-refractivity contribution in [3.8, 4) is 11.5 Å². The summed E-state index contributed by atoms with van der Waals surface area (Å²) in [5.41, 5.74) is 2.03. The molecular weight excluding hydrogens is 352 g/mol. The summed E-state index contributed by atoms with van der Waals surface area (Å²) in [4.78, 5) is 0. The van der Waals surface area contributed by atoms with E-state index in [9.17, 15) is 15.3 Å². The molecule has 0 radical (unpaired) electrons. The van der Waals surface area contributed by atoms with Gasteiger partial charge in [-0.3, -0.25) is 0 Å². The molecule has 0 saturated heterocycles. The van der Waals surface area contributed by atoms with E-state index in [0.29, 0.717) is 41.4 Å². The van der Waals surface area contributed by atoms with Crippen LogP contribution >= 0.6 is 0 Å². The standard InChI is InChI=1S/C20H24O7/c1-11(21)26-10-12-6-18(25-3)20-15(23)9-17(27-19(20)7-12)13-4-5-16(24-2)14(22)8-13/h6-9,11,15,21-23H,4-5,10H2,1-3H3/t11-,15?/m0/s1. The Morgan fingerprint density at radius 2 is 2.00 bits per heavy atom. The summed E-state index contributed by atoms with van der Waals surface area (Å²) >= 11 is 0. The van der Waals surface area contributed by atoms with Gasteiger partial charge in [-0.2, -0.15) is 0 Å². The maximum absolute atomic E-state index is 10.6. The number of hydrogen-bond acceptors (Lipinski definition) is 7. The van der Waals surface area contributed by atoms with E-state index >= 15 is 0 Å². The van der Waals surface area contributed by atoms with Crippen molar-refractivity contribution < 1.29 is 34.3 Å². The van der Waals surface area contributed by atoms with Crippen LogP contribution in [0.25, 0.3) is 0 Å². The Kier molecular flexibility index (Phi) is 5.74. The normalized spacial score (nSPS) is 20.3. The molecule has 7 heteroatoms. The number of aliphatic hydroxyl groups is 3. The third-order valence-electron chi connectivity index (χ3n) is 4.48. The van der Waals surface area contributed by atoms with E-state index in [1.165, 1.54) is 21.1 Å². The summed E-state index contributed by atoms with van der Waals surface area (Å²) in [5, 5.41) is 30.0. The van der Waals surface area contributed by atoms with Gasteiger partial charge in [-0.1, -0.05) is 0 Å². The summed E-state index contributed by atoms with van der Waals surface area (Å²) in [7, 11) is 3.03. The Hall–Kier alpha value is -2.48. The van der Waals surface area contributed by atoms with E-state index in [1.807, 2.05) is 0 Å². The molecule has 0 aromatic heterocycles. The first kappa shape index (κ1) is 19.3. The van der Waals surface area contributed by atoms with Gasteiger partial charge in [-0.25, -0.2) is 0 Å². The highest BCUT2D eigenvalue weighted by molar-refractivity contribution is 5.55. The van der Waals surface area contributed by atoms with Crippen molar-refractivity contribution in [2.75, 3.05) is 14.2 Å². The monoisotopic (exact) mass is 376 g/mol. The quantitative estimate of drug-likeness (QED) is 0.657. The van der Waals surface area contributed by atoms with Gasteiger partial charge in [0.2, 0.25) is 0 Å². The molecule has 0 fully saturated rings. The van der Waals surface area contributed by atoms with E-state index in [1.54, 1.807) is 24.3 Å². The molecule has 2 aliphatic rings. The second kappa shape index (κ2) is 8.04. The number of hydrogen-bond donors (Lipinski definition) is 3. The fourth-order valence-electron chi connectivity index (χ4n) is 3.15. The molecule has 3 N–H and O–H groups in total. The zero-order valence-corrected chi connectivity index (χ0v) is 15.6. The van der Waals surface area contributed by atoms with Gasteiger partial charge in [0.1, 0.15) is 29.1 Å². The second-order valence-corrected chi connectivity index (χ2v) is 6.38. The van der Waals surface area contributed by atoms with E-state index in [0.717, 1.165) is 11.1 Å². The SMILES string of the molecule is COC1=C(O)C=C(C2=CC(O)c3c(OC)cc(CO[C@@H](C)O)cc3O2)CC1. The largest absolute Gasteiger partial charge is 0.504 e. The molecule has 1 aliphatic carbocycles. The van der Waals surface area contributed by atoms with Crippen LogP contribution in [0.4, 0.5) is 0 Å². The molecule has 0 spiro atoms. The third-order valence-corrected chi connectivity index (χ3v) is 4.48. The van der Waals surface area contributed by atoms with Gasteiger partial charge in [0.15, 0.2) is 12.0 Å². The van der Waals surface area contributed by atoms with Crippen LogP contribution in [0.1, 0.15) is 37.0 Å². The molecule has 1 aromatic carbocycles. The molecule has 1 aromatic rings. The third kappa shape index (κ3) is 4.10. The van der Waals surface area contributed by atoms with Crippen LogP contribution in [0, 0.1) is 0 Å². The first-order chi connectivity index (χ1) is 12.9. The van der Waals surface area contributed by atoms with Crippen molar-refractivity contribution >= 4 is 0 Å². The molecule has 3 rings (SSSR count). The van der Waals surface area contributed by atoms with Crippen LogP contribution in [0.15, 0.2) is 47.1 Å². The molecule has 0 bridgehead atoms. The van der Waals surface area contributed by atoms with Crippen molar-refractivity contribution in [2.45, 2.75) is 38.8 Å². The minimum Gasteiger partial charge on any atom is -0.504 e. The minimum absolute atomic E-state index is 0.0557. The van der Waals surface area contributed by atoms with E-state index < -0.39 is 12.4 Å². The number of rotatable bonds is 6. The number of benzene rings is 1. The van der Waals surface area contributed by atoms with Gasteiger partial charge in [0.25, 0.3) is 0 Å². The Bertz CT molecular complexity index is 805. The van der Waals surface area contributed by atoms with Gasteiger partial charge in [0, 0.05) is 6.42 Å². The number of fused-ring (bicyclic) bond motifs is 1. The smallest absolute Gasteiger partial charge is 0.153 e. The fourth-order valence-corrected chi connectivity index (χ4v) is 3.15. The van der Waals surface area contributed by atoms with Crippen LogP contribution in [0.3, 0.4) is 0 Å². The summed E-state index contributed by atoms with van der Waals surface area (Å²) in [6.45, 7) is 1.70. The maximum atomic E-state index is 10.6. The Morgan fingerprint density at radius 1 is 1.22 bits per heavy atom. The highest BCUT2D eigenvalue weighted by Crippen LogP contribution is 2.43. The molecular formula is C20H24O7. The number of ether oxygens (including phenoxy) is 4. The first-order valence-electron chi connectivity index (χ1n) is 8.68. The lowest BCUT2D eigenvalue weighted by Crippen LogP contribution is -2.15. The number of allylic oxidation sites excluding steroid dienone is 3. The lowest BCUT2D eigenvalue weighted by Gasteiger charge is -2.27. The molecule has 146 valence electrons. The fraction of sp³-hybridized carbons (Fsp3) is 0.400. The van der Waals surface area contributed by atoms with Gasteiger partial charge in [0.05, 0.1) is 26.4 Å². The Morgan fingerprint density at radius 3 is 2.63 bits per heavy atom. The lowest BCUT2D eigenvalue weighted by atomic mass is 9.95. The predicted octanol–water partition coefficient (Wildman–Crippen LogP) is 3.00. The van der Waals surface area contributed by atoms with E-state index in [4.69, 9.17) is 18.9 Å². The van der Waals surface area contributed by atoms with Crippen LogP contribution < -0.4 is 9.47 Å². The van der Waals surface area contributed by atoms with Crippen molar-refractivity contribution in [3.05, 3.63) is 58.3 Å². The van der Waals surface area contributed by atoms with Crippen molar-refractivity contribution in [1.82, 2.24) is 0 Å². The average molecular weight is 376 g/mol. The first-order valence-corrected chi connectivity index (χ1v) is 8.68. The zero-order valence-electron chi connectivity index (χ0n) is 15.6. The van der Waals surface area contributed by atoms with Gasteiger partial charge in [-0.15, -0.1) is 0 Å². The summed E-state index contributed by atoms with van der Waals surface area (Å²) in [5.74, 6) is 1.98. The molecule has 2 atom stereocenters. The van der Waals surface area contributed by atoms with Crippen LogP contribution in [-0.4, -0.2) is 35.8 Å². The predicted molar refractivity (Wildman–Crippen MR) is 97.1 cm³/mol. The Labute approximate surface area is 157 Å². The molecule has 0 amide bonds. The van der Waals surface area contributed by atoms with Crippen molar-refractivity contribution in [2.24, 2.45) is 0 Å². The molecule has 1 unspecified atom stereocenters. The van der Waals surface area contributed by atoms with Crippen LogP contribution in [-0.2, 0) is 16.1 Å². The average Bonchev–Trinajstić information content (AvgIpc) is 2.65. The highest BCUT2D eigenvalue weighted by atomic mass is 16.6. The highest BCUT2D eigenvalue weighted by Gasteiger charge is 2.28. The summed E-state index contributed by atoms with van der Waals surface area (Å²) < 4.78 is 21.8. The Balaban J connectivity index is 1.93. The zero-order chi connectivity index (χ0) is 19.6. The molecule has 27 heavy (non-hydrogen) atoms. The maximum Gasteiger partial charge on any atom is 0.153 e. The number of methoxy groups -OCH3 is 2. The van der Waals surface area contributed by atoms with E-state index in [2.05, 4.69) is 0 Å². The molecule has 1 heterocycles.